The molecule has 0 N–H and O–H groups in total. The second-order valence-corrected chi connectivity index (χ2v) is 9.34. The Labute approximate surface area is 157 Å². The molecule has 1 fully saturated rings. The van der Waals surface area contributed by atoms with Crippen molar-refractivity contribution in [1.29, 1.82) is 0 Å². The predicted octanol–water partition coefficient (Wildman–Crippen LogP) is 4.10. The van der Waals surface area contributed by atoms with Crippen molar-refractivity contribution in [3.8, 4) is 0 Å². The number of carbonyl (C=O) groups excluding carboxylic acids is 2. The average molecular weight is 360 g/mol. The molecule has 0 aromatic heterocycles. The molecule has 1 saturated heterocycles. The molecule has 1 atom stereocenters. The topological polar surface area (TPSA) is 49.9 Å². The van der Waals surface area contributed by atoms with Gasteiger partial charge in [-0.1, -0.05) is 13.0 Å². The number of ether oxygens (including phenoxy) is 1. The highest BCUT2D eigenvalue weighted by molar-refractivity contribution is 5.92. The monoisotopic (exact) mass is 360 g/mol. The summed E-state index contributed by atoms with van der Waals surface area (Å²) < 4.78 is 5.48. The number of carbonyl (C=O) groups is 2. The van der Waals surface area contributed by atoms with Gasteiger partial charge in [-0.2, -0.15) is 0 Å². The predicted molar refractivity (Wildman–Crippen MR) is 101 cm³/mol. The van der Waals surface area contributed by atoms with E-state index < -0.39 is 11.0 Å². The molecule has 2 amide bonds. The van der Waals surface area contributed by atoms with Crippen LogP contribution < -0.4 is 0 Å². The van der Waals surface area contributed by atoms with Crippen LogP contribution in [0.1, 0.15) is 60.8 Å². The van der Waals surface area contributed by atoms with Crippen LogP contribution in [-0.4, -0.2) is 46.5 Å². The van der Waals surface area contributed by atoms with Crippen LogP contribution in [-0.2, 0) is 9.53 Å². The molecule has 0 saturated carbocycles. The summed E-state index contributed by atoms with van der Waals surface area (Å²) in [5, 5.41) is 0. The molecule has 26 heavy (non-hydrogen) atoms. The maximum Gasteiger partial charge on any atom is 0.410 e. The zero-order valence-electron chi connectivity index (χ0n) is 17.0. The number of rotatable bonds is 1. The van der Waals surface area contributed by atoms with E-state index in [9.17, 15) is 9.59 Å². The van der Waals surface area contributed by atoms with Crippen LogP contribution in [0, 0.1) is 11.3 Å². The Morgan fingerprint density at radius 1 is 1.23 bits per heavy atom. The highest BCUT2D eigenvalue weighted by Gasteiger charge is 2.49. The SMILES string of the molecule is C[C@@H]1CC=CC2=C1C(C)(C)C(=O)N2C1CCN(C(=O)OC(C)(C)C)CC1. The Balaban J connectivity index is 1.73. The molecule has 3 aliphatic rings. The van der Waals surface area contributed by atoms with Gasteiger partial charge in [0.1, 0.15) is 5.60 Å². The second kappa shape index (κ2) is 6.43. The number of nitrogens with zero attached hydrogens (tertiary/aromatic N) is 2. The van der Waals surface area contributed by atoms with Crippen LogP contribution in [0.3, 0.4) is 0 Å². The summed E-state index contributed by atoms with van der Waals surface area (Å²) in [7, 11) is 0. The summed E-state index contributed by atoms with van der Waals surface area (Å²) in [5.74, 6) is 0.609. The minimum absolute atomic E-state index is 0.155. The van der Waals surface area contributed by atoms with Crippen molar-refractivity contribution in [3.05, 3.63) is 23.4 Å². The molecule has 0 spiro atoms. The molecular formula is C21H32N2O3. The summed E-state index contributed by atoms with van der Waals surface area (Å²) in [6.07, 6.45) is 6.64. The molecule has 0 aromatic rings. The van der Waals surface area contributed by atoms with E-state index in [-0.39, 0.29) is 18.0 Å². The Morgan fingerprint density at radius 3 is 2.42 bits per heavy atom. The lowest BCUT2D eigenvalue weighted by Gasteiger charge is -2.38. The van der Waals surface area contributed by atoms with Crippen molar-refractivity contribution in [1.82, 2.24) is 9.80 Å². The van der Waals surface area contributed by atoms with E-state index in [1.165, 1.54) is 5.57 Å². The quantitative estimate of drug-likeness (QED) is 0.707. The van der Waals surface area contributed by atoms with Crippen molar-refractivity contribution in [2.24, 2.45) is 11.3 Å². The lowest BCUT2D eigenvalue weighted by atomic mass is 9.76. The molecule has 0 bridgehead atoms. The van der Waals surface area contributed by atoms with Gasteiger partial charge in [0, 0.05) is 24.8 Å². The molecule has 0 radical (unpaired) electrons. The fourth-order valence-corrected chi connectivity index (χ4v) is 4.51. The van der Waals surface area contributed by atoms with Gasteiger partial charge in [0.05, 0.1) is 5.41 Å². The zero-order valence-corrected chi connectivity index (χ0v) is 17.0. The first kappa shape index (κ1) is 19.0. The average Bonchev–Trinajstić information content (AvgIpc) is 2.74. The number of allylic oxidation sites excluding steroid dienone is 2. The highest BCUT2D eigenvalue weighted by atomic mass is 16.6. The molecule has 3 rings (SSSR count). The normalized spacial score (nSPS) is 26.4. The summed E-state index contributed by atoms with van der Waals surface area (Å²) in [5.41, 5.74) is 1.47. The molecule has 144 valence electrons. The lowest BCUT2D eigenvalue weighted by Crippen LogP contribution is -2.49. The lowest BCUT2D eigenvalue weighted by molar-refractivity contribution is -0.136. The molecule has 0 unspecified atom stereocenters. The Hall–Kier alpha value is -1.78. The molecule has 5 heteroatoms. The first-order chi connectivity index (χ1) is 12.0. The maximum atomic E-state index is 13.2. The standard InChI is InChI=1S/C21H32N2O3/c1-14-8-7-9-16-17(14)21(5,6)18(24)23(16)15-10-12-22(13-11-15)19(25)26-20(2,3)4/h7,9,14-15H,8,10-13H2,1-6H3/t14-/m1/s1. The highest BCUT2D eigenvalue weighted by Crippen LogP contribution is 2.48. The van der Waals surface area contributed by atoms with Crippen LogP contribution in [0.25, 0.3) is 0 Å². The fraction of sp³-hybridized carbons (Fsp3) is 0.714. The third-order valence-corrected chi connectivity index (χ3v) is 5.70. The van der Waals surface area contributed by atoms with Crippen LogP contribution in [0.5, 0.6) is 0 Å². The maximum absolute atomic E-state index is 13.2. The van der Waals surface area contributed by atoms with E-state index in [0.717, 1.165) is 25.0 Å². The van der Waals surface area contributed by atoms with E-state index in [1.54, 1.807) is 4.90 Å². The van der Waals surface area contributed by atoms with Crippen LogP contribution in [0.2, 0.25) is 0 Å². The van der Waals surface area contributed by atoms with Crippen molar-refractivity contribution in [2.45, 2.75) is 72.4 Å². The van der Waals surface area contributed by atoms with E-state index in [0.29, 0.717) is 19.0 Å². The van der Waals surface area contributed by atoms with Gasteiger partial charge in [-0.05, 0) is 71.4 Å². The van der Waals surface area contributed by atoms with Gasteiger partial charge in [0.25, 0.3) is 0 Å². The van der Waals surface area contributed by atoms with Gasteiger partial charge in [-0.3, -0.25) is 4.79 Å². The molecule has 2 aliphatic heterocycles. The molecule has 1 aliphatic carbocycles. The summed E-state index contributed by atoms with van der Waals surface area (Å²) >= 11 is 0. The summed E-state index contributed by atoms with van der Waals surface area (Å²) in [4.78, 5) is 29.3. The molecule has 2 heterocycles. The smallest absolute Gasteiger partial charge is 0.410 e. The van der Waals surface area contributed by atoms with E-state index >= 15 is 0 Å². The molecule has 0 aromatic carbocycles. The largest absolute Gasteiger partial charge is 0.444 e. The van der Waals surface area contributed by atoms with Gasteiger partial charge < -0.3 is 14.5 Å². The summed E-state index contributed by atoms with van der Waals surface area (Å²) in [6.45, 7) is 13.2. The van der Waals surface area contributed by atoms with Crippen LogP contribution in [0.4, 0.5) is 4.79 Å². The van der Waals surface area contributed by atoms with Crippen molar-refractivity contribution < 1.29 is 14.3 Å². The van der Waals surface area contributed by atoms with E-state index in [4.69, 9.17) is 4.74 Å². The van der Waals surface area contributed by atoms with Crippen molar-refractivity contribution >= 4 is 12.0 Å². The molecular weight excluding hydrogens is 328 g/mol. The van der Waals surface area contributed by atoms with E-state index in [1.807, 2.05) is 25.7 Å². The first-order valence-corrected chi connectivity index (χ1v) is 9.75. The number of amides is 2. The fourth-order valence-electron chi connectivity index (χ4n) is 4.51. The van der Waals surface area contributed by atoms with Crippen molar-refractivity contribution in [2.75, 3.05) is 13.1 Å². The minimum Gasteiger partial charge on any atom is -0.444 e. The number of likely N-dealkylation sites (tertiary alicyclic amines) is 1. The van der Waals surface area contributed by atoms with Gasteiger partial charge in [0.15, 0.2) is 0 Å². The van der Waals surface area contributed by atoms with Gasteiger partial charge in [0.2, 0.25) is 5.91 Å². The second-order valence-electron chi connectivity index (χ2n) is 9.34. The van der Waals surface area contributed by atoms with E-state index in [2.05, 4.69) is 32.9 Å². The van der Waals surface area contributed by atoms with Crippen LogP contribution in [0.15, 0.2) is 23.4 Å². The van der Waals surface area contributed by atoms with Gasteiger partial charge >= 0.3 is 6.09 Å². The zero-order chi connectivity index (χ0) is 19.3. The summed E-state index contributed by atoms with van der Waals surface area (Å²) in [6, 6.07) is 0.155. The number of hydrogen-bond acceptors (Lipinski definition) is 3. The minimum atomic E-state index is -0.481. The van der Waals surface area contributed by atoms with Gasteiger partial charge in [-0.25, -0.2) is 4.79 Å². The van der Waals surface area contributed by atoms with Crippen LogP contribution >= 0.6 is 0 Å². The Bertz CT molecular complexity index is 661. The number of hydrogen-bond donors (Lipinski definition) is 0. The first-order valence-electron chi connectivity index (χ1n) is 9.75. The molecule has 5 nitrogen and oxygen atoms in total. The third kappa shape index (κ3) is 3.28. The third-order valence-electron chi connectivity index (χ3n) is 5.70. The van der Waals surface area contributed by atoms with Crippen molar-refractivity contribution in [3.63, 3.8) is 0 Å². The Kier molecular flexibility index (Phi) is 4.70. The van der Waals surface area contributed by atoms with Gasteiger partial charge in [-0.15, -0.1) is 0 Å². The Morgan fingerprint density at radius 2 is 1.85 bits per heavy atom. The number of piperidine rings is 1.